The Hall–Kier alpha value is -3.09. The van der Waals surface area contributed by atoms with E-state index in [1.54, 1.807) is 0 Å². The van der Waals surface area contributed by atoms with Crippen molar-refractivity contribution in [2.75, 3.05) is 24.5 Å². The molecule has 0 amide bonds. The molecule has 0 N–H and O–H groups in total. The number of fused-ring (bicyclic) bond motifs is 1. The summed E-state index contributed by atoms with van der Waals surface area (Å²) in [5.41, 5.74) is 0.230. The Morgan fingerprint density at radius 1 is 1.10 bits per heavy atom. The van der Waals surface area contributed by atoms with Crippen molar-refractivity contribution < 1.29 is 26.0 Å². The zero-order chi connectivity index (χ0) is 20.8. The van der Waals surface area contributed by atoms with Crippen LogP contribution in [0, 0.1) is 5.82 Å². The summed E-state index contributed by atoms with van der Waals surface area (Å²) < 4.78 is 77.7. The van der Waals surface area contributed by atoms with Crippen molar-refractivity contribution in [3.05, 3.63) is 53.5 Å². The third-order valence-electron chi connectivity index (χ3n) is 4.58. The number of hydrogen-bond donors (Lipinski definition) is 0. The molecule has 152 valence electrons. The molecule has 1 aromatic rings. The Balaban J connectivity index is 1.73. The first-order valence-electron chi connectivity index (χ1n) is 8.33. The number of halogens is 4. The largest absolute Gasteiger partial charge is 0.410 e. The molecule has 13 heteroatoms. The Bertz CT molecular complexity index is 1100. The third-order valence-corrected chi connectivity index (χ3v) is 5.28. The van der Waals surface area contributed by atoms with Gasteiger partial charge in [0.25, 0.3) is 0 Å². The van der Waals surface area contributed by atoms with Crippen LogP contribution in [0.5, 0.6) is 0 Å². The van der Waals surface area contributed by atoms with Crippen LogP contribution in [0.1, 0.15) is 0 Å². The Morgan fingerprint density at radius 3 is 2.48 bits per heavy atom. The number of allylic oxidation sites excluding steroid dienone is 4. The lowest BCUT2D eigenvalue weighted by atomic mass is 10.0. The lowest BCUT2D eigenvalue weighted by Crippen LogP contribution is -2.58. The van der Waals surface area contributed by atoms with E-state index >= 15 is 0 Å². The van der Waals surface area contributed by atoms with E-state index in [-0.39, 0.29) is 41.0 Å². The van der Waals surface area contributed by atoms with Crippen LogP contribution in [-0.2, 0) is 10.3 Å². The van der Waals surface area contributed by atoms with E-state index in [2.05, 4.69) is 20.2 Å². The van der Waals surface area contributed by atoms with Crippen molar-refractivity contribution >= 4 is 21.1 Å². The van der Waals surface area contributed by atoms with Crippen LogP contribution in [0.15, 0.2) is 57.9 Å². The molecule has 1 fully saturated rings. The molecule has 0 unspecified atom stereocenters. The molecule has 29 heavy (non-hydrogen) atoms. The molecule has 0 aromatic carbocycles. The molecule has 3 heterocycles. The number of aromatic nitrogens is 2. The van der Waals surface area contributed by atoms with Gasteiger partial charge in [-0.3, -0.25) is 0 Å². The standard InChI is InChI=1S/C16H12F4N6O2S/c17-9-6-21-15(22-7-9)25-4-5-26(12(8-25)16(18,19)20)14-13-10(23-24-14)2-1-3-11(13)29(27)28/h1-3,6-7,12H,4-5,8H2/t12-/m1/s1. The van der Waals surface area contributed by atoms with Crippen LogP contribution in [-0.4, -0.2) is 60.0 Å². The van der Waals surface area contributed by atoms with Crippen molar-refractivity contribution in [1.29, 1.82) is 0 Å². The minimum Gasteiger partial charge on any atom is -0.339 e. The Labute approximate surface area is 163 Å². The van der Waals surface area contributed by atoms with Crippen LogP contribution < -0.4 is 4.90 Å². The van der Waals surface area contributed by atoms with Gasteiger partial charge in [-0.25, -0.2) is 14.4 Å². The van der Waals surface area contributed by atoms with Gasteiger partial charge in [0, 0.05) is 13.1 Å². The molecule has 1 aliphatic carbocycles. The van der Waals surface area contributed by atoms with Gasteiger partial charge in [-0.1, -0.05) is 6.08 Å². The summed E-state index contributed by atoms with van der Waals surface area (Å²) in [6.07, 6.45) is 1.30. The number of rotatable bonds is 2. The van der Waals surface area contributed by atoms with Crippen molar-refractivity contribution in [2.24, 2.45) is 10.2 Å². The number of alkyl halides is 3. The van der Waals surface area contributed by atoms with E-state index in [1.807, 2.05) is 0 Å². The number of hydrogen-bond acceptors (Lipinski definition) is 8. The van der Waals surface area contributed by atoms with E-state index < -0.39 is 34.9 Å². The normalized spacial score (nSPS) is 21.6. The second kappa shape index (κ2) is 7.06. The van der Waals surface area contributed by atoms with Gasteiger partial charge in [0.15, 0.2) is 11.6 Å². The zero-order valence-electron chi connectivity index (χ0n) is 14.5. The van der Waals surface area contributed by atoms with Crippen LogP contribution in [0.4, 0.5) is 23.5 Å². The lowest BCUT2D eigenvalue weighted by molar-refractivity contribution is -0.179. The van der Waals surface area contributed by atoms with Gasteiger partial charge in [-0.15, -0.1) is 10.2 Å². The second-order valence-electron chi connectivity index (χ2n) is 6.31. The highest BCUT2D eigenvalue weighted by Crippen LogP contribution is 2.37. The molecule has 0 spiro atoms. The molecule has 0 bridgehead atoms. The molecular weight excluding hydrogens is 416 g/mol. The maximum atomic E-state index is 13.9. The Kier molecular flexibility index (Phi) is 4.68. The predicted molar refractivity (Wildman–Crippen MR) is 93.8 cm³/mol. The van der Waals surface area contributed by atoms with Crippen LogP contribution >= 0.6 is 0 Å². The summed E-state index contributed by atoms with van der Waals surface area (Å²) in [5, 5.41) is 7.67. The highest BCUT2D eigenvalue weighted by atomic mass is 32.2. The van der Waals surface area contributed by atoms with Crippen molar-refractivity contribution in [3.8, 4) is 0 Å². The van der Waals surface area contributed by atoms with Crippen LogP contribution in [0.25, 0.3) is 0 Å². The summed E-state index contributed by atoms with van der Waals surface area (Å²) in [6.45, 7) is -0.583. The SMILES string of the molecule is O=S(=O)=C1C=CC=C2N=NC(N3CCN(c4ncc(F)cn4)C[C@@H]3C(F)(F)F)=C21. The van der Waals surface area contributed by atoms with Gasteiger partial charge in [0.1, 0.15) is 10.9 Å². The smallest absolute Gasteiger partial charge is 0.339 e. The summed E-state index contributed by atoms with van der Waals surface area (Å²) in [4.78, 5) is 9.59. The molecule has 3 aliphatic rings. The molecule has 1 atom stereocenters. The van der Waals surface area contributed by atoms with Gasteiger partial charge in [0.05, 0.1) is 30.2 Å². The summed E-state index contributed by atoms with van der Waals surface area (Å²) in [7, 11) is -2.67. The van der Waals surface area contributed by atoms with Gasteiger partial charge in [-0.05, 0) is 12.2 Å². The predicted octanol–water partition coefficient (Wildman–Crippen LogP) is 1.85. The molecular formula is C16H12F4N6O2S. The average molecular weight is 428 g/mol. The van der Waals surface area contributed by atoms with E-state index in [1.165, 1.54) is 23.1 Å². The second-order valence-corrected chi connectivity index (χ2v) is 7.22. The summed E-state index contributed by atoms with van der Waals surface area (Å²) in [5.74, 6) is -0.877. The Morgan fingerprint density at radius 2 is 1.83 bits per heavy atom. The van der Waals surface area contributed by atoms with Gasteiger partial charge in [0.2, 0.25) is 16.2 Å². The minimum atomic E-state index is -4.66. The van der Waals surface area contributed by atoms with Crippen LogP contribution in [0.3, 0.4) is 0 Å². The first-order chi connectivity index (χ1) is 13.8. The highest BCUT2D eigenvalue weighted by molar-refractivity contribution is 7.73. The van der Waals surface area contributed by atoms with Crippen LogP contribution in [0.2, 0.25) is 0 Å². The topological polar surface area (TPSA) is 91.1 Å². The maximum absolute atomic E-state index is 13.9. The van der Waals surface area contributed by atoms with Gasteiger partial charge < -0.3 is 9.80 Å². The molecule has 1 saturated heterocycles. The van der Waals surface area contributed by atoms with Crippen molar-refractivity contribution in [2.45, 2.75) is 12.2 Å². The molecule has 1 aromatic heterocycles. The lowest BCUT2D eigenvalue weighted by Gasteiger charge is -2.42. The number of nitrogens with zero attached hydrogens (tertiary/aromatic N) is 6. The first-order valence-corrected chi connectivity index (χ1v) is 9.40. The molecule has 0 saturated carbocycles. The van der Waals surface area contributed by atoms with Gasteiger partial charge >= 0.3 is 6.18 Å². The average Bonchev–Trinajstić information content (AvgIpc) is 3.11. The summed E-state index contributed by atoms with van der Waals surface area (Å²) >= 11 is 0. The quantitative estimate of drug-likeness (QED) is 0.528. The number of azo groups is 1. The fourth-order valence-electron chi connectivity index (χ4n) is 3.29. The number of anilines is 1. The van der Waals surface area contributed by atoms with E-state index in [9.17, 15) is 26.0 Å². The molecule has 8 nitrogen and oxygen atoms in total. The minimum absolute atomic E-state index is 0.0277. The fourth-order valence-corrected chi connectivity index (χ4v) is 3.84. The molecule has 2 aliphatic heterocycles. The highest BCUT2D eigenvalue weighted by Gasteiger charge is 2.49. The monoisotopic (exact) mass is 428 g/mol. The van der Waals surface area contributed by atoms with Crippen molar-refractivity contribution in [1.82, 2.24) is 14.9 Å². The van der Waals surface area contributed by atoms with Gasteiger partial charge in [-0.2, -0.15) is 21.6 Å². The van der Waals surface area contributed by atoms with E-state index in [0.717, 1.165) is 17.3 Å². The molecule has 4 rings (SSSR count). The number of piperazine rings is 1. The van der Waals surface area contributed by atoms with Crippen molar-refractivity contribution in [3.63, 3.8) is 0 Å². The van der Waals surface area contributed by atoms with E-state index in [4.69, 9.17) is 0 Å². The third kappa shape index (κ3) is 3.52. The fraction of sp³-hybridized carbons (Fsp3) is 0.312. The summed E-state index contributed by atoms with van der Waals surface area (Å²) in [6, 6.07) is -2.02. The van der Waals surface area contributed by atoms with E-state index in [0.29, 0.717) is 0 Å². The maximum Gasteiger partial charge on any atom is 0.410 e. The first kappa shape index (κ1) is 19.2. The zero-order valence-corrected chi connectivity index (χ0v) is 15.3. The molecule has 0 radical (unpaired) electrons.